The molecule has 0 unspecified atom stereocenters. The molecule has 0 aliphatic heterocycles. The quantitative estimate of drug-likeness (QED) is 0.451. The minimum atomic E-state index is -4.95. The van der Waals surface area contributed by atoms with Crippen molar-refractivity contribution < 1.29 is 22.5 Å². The van der Waals surface area contributed by atoms with E-state index in [1.54, 1.807) is 0 Å². The smallest absolute Gasteiger partial charge is 0.258 e. The van der Waals surface area contributed by atoms with Gasteiger partial charge in [-0.2, -0.15) is 13.2 Å². The minimum absolute atomic E-state index is 0.152. The van der Waals surface area contributed by atoms with Crippen molar-refractivity contribution in [2.75, 3.05) is 0 Å². The predicted molar refractivity (Wildman–Crippen MR) is 45.8 cm³/mol. The molecule has 0 saturated carbocycles. The van der Waals surface area contributed by atoms with Gasteiger partial charge in [0, 0.05) is 6.07 Å². The molecule has 0 atom stereocenters. The van der Waals surface area contributed by atoms with Gasteiger partial charge in [0.25, 0.3) is 5.69 Å². The van der Waals surface area contributed by atoms with Crippen LogP contribution in [0.2, 0.25) is 0 Å². The standard InChI is InChI=1S/C7H2BrF4NO2/c8-4-2-5(9)3(7(10,11)12)1-6(4)13(14)15/h1-2H. The number of nitrogens with zero attached hydrogens (tertiary/aromatic N) is 1. The van der Waals surface area contributed by atoms with Gasteiger partial charge in [0.2, 0.25) is 0 Å². The zero-order valence-electron chi connectivity index (χ0n) is 6.81. The molecule has 0 spiro atoms. The summed E-state index contributed by atoms with van der Waals surface area (Å²) >= 11 is 2.60. The van der Waals surface area contributed by atoms with Crippen molar-refractivity contribution >= 4 is 21.6 Å². The molecule has 8 heteroatoms. The van der Waals surface area contributed by atoms with Crippen molar-refractivity contribution in [3.8, 4) is 0 Å². The van der Waals surface area contributed by atoms with Crippen molar-refractivity contribution in [1.29, 1.82) is 0 Å². The number of rotatable bonds is 1. The van der Waals surface area contributed by atoms with Crippen LogP contribution in [0.5, 0.6) is 0 Å². The molecule has 1 aromatic rings. The lowest BCUT2D eigenvalue weighted by Gasteiger charge is -2.07. The molecule has 0 aliphatic rings. The first kappa shape index (κ1) is 11.9. The summed E-state index contributed by atoms with van der Waals surface area (Å²) in [6.45, 7) is 0. The number of halogens is 5. The van der Waals surface area contributed by atoms with E-state index in [9.17, 15) is 27.7 Å². The normalized spacial score (nSPS) is 11.5. The van der Waals surface area contributed by atoms with E-state index >= 15 is 0 Å². The molecule has 3 nitrogen and oxygen atoms in total. The number of benzene rings is 1. The van der Waals surface area contributed by atoms with Crippen molar-refractivity contribution in [1.82, 2.24) is 0 Å². The van der Waals surface area contributed by atoms with Crippen LogP contribution in [0.1, 0.15) is 5.56 Å². The fourth-order valence-electron chi connectivity index (χ4n) is 0.895. The van der Waals surface area contributed by atoms with Gasteiger partial charge in [-0.05, 0) is 22.0 Å². The lowest BCUT2D eigenvalue weighted by Crippen LogP contribution is -2.09. The van der Waals surface area contributed by atoms with Crippen molar-refractivity contribution in [2.45, 2.75) is 6.18 Å². The van der Waals surface area contributed by atoms with E-state index in [1.165, 1.54) is 0 Å². The Morgan fingerprint density at radius 1 is 1.33 bits per heavy atom. The first-order chi connectivity index (χ1) is 6.73. The minimum Gasteiger partial charge on any atom is -0.258 e. The summed E-state index contributed by atoms with van der Waals surface area (Å²) in [5, 5.41) is 10.3. The van der Waals surface area contributed by atoms with Gasteiger partial charge in [-0.15, -0.1) is 0 Å². The molecule has 82 valence electrons. The van der Waals surface area contributed by atoms with E-state index in [2.05, 4.69) is 15.9 Å². The summed E-state index contributed by atoms with van der Waals surface area (Å²) in [4.78, 5) is 9.27. The summed E-state index contributed by atoms with van der Waals surface area (Å²) < 4.78 is 48.9. The molecule has 15 heavy (non-hydrogen) atoms. The number of hydrogen-bond acceptors (Lipinski definition) is 2. The van der Waals surface area contributed by atoms with Crippen LogP contribution in [-0.2, 0) is 6.18 Å². The highest BCUT2D eigenvalue weighted by Gasteiger charge is 2.36. The Bertz CT molecular complexity index is 418. The third-order valence-electron chi connectivity index (χ3n) is 1.54. The lowest BCUT2D eigenvalue weighted by atomic mass is 10.2. The van der Waals surface area contributed by atoms with Gasteiger partial charge in [0.05, 0.1) is 15.0 Å². The van der Waals surface area contributed by atoms with E-state index < -0.39 is 28.2 Å². The third-order valence-corrected chi connectivity index (χ3v) is 2.17. The van der Waals surface area contributed by atoms with Crippen molar-refractivity contribution in [2.24, 2.45) is 0 Å². The van der Waals surface area contributed by atoms with Crippen LogP contribution in [-0.4, -0.2) is 4.92 Å². The highest BCUT2D eigenvalue weighted by atomic mass is 79.9. The average molecular weight is 288 g/mol. The van der Waals surface area contributed by atoms with Gasteiger partial charge in [0.15, 0.2) is 0 Å². The van der Waals surface area contributed by atoms with Crippen molar-refractivity contribution in [3.05, 3.63) is 38.1 Å². The Hall–Kier alpha value is -1.18. The fourth-order valence-corrected chi connectivity index (χ4v) is 1.35. The zero-order chi connectivity index (χ0) is 11.8. The summed E-state index contributed by atoms with van der Waals surface area (Å²) in [7, 11) is 0. The number of nitro groups is 1. The topological polar surface area (TPSA) is 43.1 Å². The number of hydrogen-bond donors (Lipinski definition) is 0. The summed E-state index contributed by atoms with van der Waals surface area (Å²) in [5.41, 5.74) is -2.49. The highest BCUT2D eigenvalue weighted by molar-refractivity contribution is 9.10. The maximum atomic E-state index is 12.8. The van der Waals surface area contributed by atoms with Gasteiger partial charge in [-0.1, -0.05) is 0 Å². The summed E-state index contributed by atoms with van der Waals surface area (Å²) in [5.74, 6) is -1.56. The van der Waals surface area contributed by atoms with Gasteiger partial charge in [-0.25, -0.2) is 4.39 Å². The Morgan fingerprint density at radius 3 is 2.27 bits per heavy atom. The van der Waals surface area contributed by atoms with E-state index in [0.717, 1.165) is 0 Å². The van der Waals surface area contributed by atoms with Crippen LogP contribution in [0, 0.1) is 15.9 Å². The fraction of sp³-hybridized carbons (Fsp3) is 0.143. The van der Waals surface area contributed by atoms with E-state index in [0.29, 0.717) is 6.07 Å². The van der Waals surface area contributed by atoms with E-state index in [1.807, 2.05) is 0 Å². The Kier molecular flexibility index (Phi) is 2.98. The lowest BCUT2D eigenvalue weighted by molar-refractivity contribution is -0.386. The molecular formula is C7H2BrF4NO2. The molecule has 1 aromatic carbocycles. The number of alkyl halides is 3. The van der Waals surface area contributed by atoms with Gasteiger partial charge in [0.1, 0.15) is 5.82 Å². The highest BCUT2D eigenvalue weighted by Crippen LogP contribution is 2.36. The first-order valence-corrected chi connectivity index (χ1v) is 4.23. The molecule has 0 amide bonds. The van der Waals surface area contributed by atoms with Crippen molar-refractivity contribution in [3.63, 3.8) is 0 Å². The molecular weight excluding hydrogens is 286 g/mol. The molecule has 0 saturated heterocycles. The van der Waals surface area contributed by atoms with E-state index in [-0.39, 0.29) is 10.5 Å². The molecule has 0 bridgehead atoms. The summed E-state index contributed by atoms with van der Waals surface area (Å²) in [6, 6.07) is 0.570. The Morgan fingerprint density at radius 2 is 1.87 bits per heavy atom. The molecule has 0 aromatic heterocycles. The maximum absolute atomic E-state index is 12.8. The summed E-state index contributed by atoms with van der Waals surface area (Å²) in [6.07, 6.45) is -4.95. The predicted octanol–water partition coefficient (Wildman–Crippen LogP) is 3.52. The first-order valence-electron chi connectivity index (χ1n) is 3.44. The second-order valence-corrected chi connectivity index (χ2v) is 3.39. The maximum Gasteiger partial charge on any atom is 0.419 e. The van der Waals surface area contributed by atoms with Crippen LogP contribution < -0.4 is 0 Å². The van der Waals surface area contributed by atoms with Crippen LogP contribution in [0.3, 0.4) is 0 Å². The van der Waals surface area contributed by atoms with Crippen LogP contribution >= 0.6 is 15.9 Å². The average Bonchev–Trinajstić information content (AvgIpc) is 2.00. The molecule has 0 radical (unpaired) electrons. The number of nitro benzene ring substituents is 1. The monoisotopic (exact) mass is 287 g/mol. The van der Waals surface area contributed by atoms with Crippen LogP contribution in [0.25, 0.3) is 0 Å². The molecule has 0 fully saturated rings. The van der Waals surface area contributed by atoms with Gasteiger partial charge < -0.3 is 0 Å². The van der Waals surface area contributed by atoms with E-state index in [4.69, 9.17) is 0 Å². The van der Waals surface area contributed by atoms with Gasteiger partial charge >= 0.3 is 6.18 Å². The molecule has 0 heterocycles. The van der Waals surface area contributed by atoms with Crippen LogP contribution in [0.15, 0.2) is 16.6 Å². The second kappa shape index (κ2) is 3.76. The Balaban J connectivity index is 3.43. The SMILES string of the molecule is O=[N+]([O-])c1cc(C(F)(F)F)c(F)cc1Br. The van der Waals surface area contributed by atoms with Gasteiger partial charge in [-0.3, -0.25) is 10.1 Å². The second-order valence-electron chi connectivity index (χ2n) is 2.54. The molecule has 1 rings (SSSR count). The molecule has 0 aliphatic carbocycles. The van der Waals surface area contributed by atoms with Crippen LogP contribution in [0.4, 0.5) is 23.2 Å². The zero-order valence-corrected chi connectivity index (χ0v) is 8.39. The largest absolute Gasteiger partial charge is 0.419 e. The Labute approximate surface area is 89.0 Å². The molecule has 0 N–H and O–H groups in total. The third kappa shape index (κ3) is 2.44.